The molecule has 0 spiro atoms. The zero-order valence-corrected chi connectivity index (χ0v) is 11.0. The topological polar surface area (TPSA) is 79.5 Å². The lowest BCUT2D eigenvalue weighted by atomic mass is 10.0. The average molecular weight is 261 g/mol. The molecule has 0 aliphatic rings. The fraction of sp³-hybridized carbons (Fsp3) is 0.308. The maximum atomic E-state index is 12.2. The highest BCUT2D eigenvalue weighted by atomic mass is 16.5. The SMILES string of the molecule is C[C@H](O)c1onc(-c2cccnc2)c1C(=O)N(C)C. The summed E-state index contributed by atoms with van der Waals surface area (Å²) < 4.78 is 5.11. The number of carbonyl (C=O) groups is 1. The van der Waals surface area contributed by atoms with Gasteiger partial charge in [0.15, 0.2) is 5.76 Å². The molecule has 0 aliphatic carbocycles. The monoisotopic (exact) mass is 261 g/mol. The van der Waals surface area contributed by atoms with Gasteiger partial charge in [-0.1, -0.05) is 5.16 Å². The Kier molecular flexibility index (Phi) is 3.62. The normalized spacial score (nSPS) is 12.2. The van der Waals surface area contributed by atoms with E-state index in [-0.39, 0.29) is 17.2 Å². The van der Waals surface area contributed by atoms with E-state index in [9.17, 15) is 9.90 Å². The third kappa shape index (κ3) is 2.48. The Morgan fingerprint density at radius 3 is 2.74 bits per heavy atom. The van der Waals surface area contributed by atoms with Gasteiger partial charge in [-0.3, -0.25) is 9.78 Å². The van der Waals surface area contributed by atoms with Gasteiger partial charge < -0.3 is 14.5 Å². The molecule has 0 unspecified atom stereocenters. The summed E-state index contributed by atoms with van der Waals surface area (Å²) in [5.74, 6) is -0.103. The maximum Gasteiger partial charge on any atom is 0.259 e. The number of amides is 1. The molecule has 0 saturated carbocycles. The maximum absolute atomic E-state index is 12.2. The van der Waals surface area contributed by atoms with Gasteiger partial charge >= 0.3 is 0 Å². The molecule has 0 aliphatic heterocycles. The summed E-state index contributed by atoms with van der Waals surface area (Å²) >= 11 is 0. The van der Waals surface area contributed by atoms with Crippen molar-refractivity contribution in [3.8, 4) is 11.3 Å². The number of carbonyl (C=O) groups excluding carboxylic acids is 1. The fourth-order valence-corrected chi connectivity index (χ4v) is 1.72. The van der Waals surface area contributed by atoms with Crippen LogP contribution in [-0.2, 0) is 0 Å². The molecule has 100 valence electrons. The molecule has 0 saturated heterocycles. The highest BCUT2D eigenvalue weighted by Gasteiger charge is 2.27. The van der Waals surface area contributed by atoms with Crippen LogP contribution < -0.4 is 0 Å². The van der Waals surface area contributed by atoms with Crippen molar-refractivity contribution in [2.45, 2.75) is 13.0 Å². The van der Waals surface area contributed by atoms with Gasteiger partial charge in [0.25, 0.3) is 5.91 Å². The second-order valence-electron chi connectivity index (χ2n) is 4.39. The molecule has 0 bridgehead atoms. The van der Waals surface area contributed by atoms with E-state index in [1.165, 1.54) is 11.8 Å². The van der Waals surface area contributed by atoms with Gasteiger partial charge in [-0.25, -0.2) is 0 Å². The number of hydrogen-bond acceptors (Lipinski definition) is 5. The van der Waals surface area contributed by atoms with E-state index < -0.39 is 6.10 Å². The van der Waals surface area contributed by atoms with Crippen LogP contribution in [-0.4, -0.2) is 40.1 Å². The summed E-state index contributed by atoms with van der Waals surface area (Å²) in [6.07, 6.45) is 2.32. The quantitative estimate of drug-likeness (QED) is 0.905. The smallest absolute Gasteiger partial charge is 0.259 e. The number of nitrogens with zero attached hydrogens (tertiary/aromatic N) is 3. The van der Waals surface area contributed by atoms with E-state index in [0.29, 0.717) is 11.3 Å². The molecule has 0 fully saturated rings. The van der Waals surface area contributed by atoms with Crippen molar-refractivity contribution in [2.24, 2.45) is 0 Å². The number of hydrogen-bond donors (Lipinski definition) is 1. The molecular formula is C13H15N3O3. The number of pyridine rings is 1. The summed E-state index contributed by atoms with van der Waals surface area (Å²) in [4.78, 5) is 17.6. The predicted molar refractivity (Wildman–Crippen MR) is 68.4 cm³/mol. The highest BCUT2D eigenvalue weighted by molar-refractivity contribution is 6.00. The molecule has 2 heterocycles. The molecule has 1 amide bonds. The predicted octanol–water partition coefficient (Wildman–Crippen LogP) is 1.49. The molecule has 1 N–H and O–H groups in total. The van der Waals surface area contributed by atoms with Crippen LogP contribution in [0.25, 0.3) is 11.3 Å². The van der Waals surface area contributed by atoms with Crippen LogP contribution >= 0.6 is 0 Å². The van der Waals surface area contributed by atoms with Crippen LogP contribution in [0.15, 0.2) is 29.0 Å². The largest absolute Gasteiger partial charge is 0.385 e. The van der Waals surface area contributed by atoms with Gasteiger partial charge in [0, 0.05) is 32.1 Å². The lowest BCUT2D eigenvalue weighted by Gasteiger charge is -2.11. The second kappa shape index (κ2) is 5.19. The zero-order chi connectivity index (χ0) is 14.0. The van der Waals surface area contributed by atoms with Gasteiger partial charge in [0.05, 0.1) is 0 Å². The third-order valence-electron chi connectivity index (χ3n) is 2.65. The first-order valence-corrected chi connectivity index (χ1v) is 5.82. The Hall–Kier alpha value is -2.21. The molecule has 1 atom stereocenters. The Bertz CT molecular complexity index is 576. The van der Waals surface area contributed by atoms with Gasteiger partial charge in [-0.2, -0.15) is 0 Å². The van der Waals surface area contributed by atoms with Crippen LogP contribution in [0.3, 0.4) is 0 Å². The summed E-state index contributed by atoms with van der Waals surface area (Å²) in [5, 5.41) is 13.6. The Balaban J connectivity index is 2.60. The number of rotatable bonds is 3. The average Bonchev–Trinajstić information content (AvgIpc) is 2.83. The highest BCUT2D eigenvalue weighted by Crippen LogP contribution is 2.29. The van der Waals surface area contributed by atoms with Gasteiger partial charge in [-0.05, 0) is 19.1 Å². The molecule has 2 aromatic heterocycles. The number of aliphatic hydroxyl groups is 1. The van der Waals surface area contributed by atoms with Crippen LogP contribution in [0.5, 0.6) is 0 Å². The first kappa shape index (κ1) is 13.2. The minimum atomic E-state index is -0.906. The van der Waals surface area contributed by atoms with Crippen molar-refractivity contribution in [3.05, 3.63) is 35.9 Å². The first-order chi connectivity index (χ1) is 9.02. The van der Waals surface area contributed by atoms with Crippen LogP contribution in [0.1, 0.15) is 29.1 Å². The molecule has 6 heteroatoms. The summed E-state index contributed by atoms with van der Waals surface area (Å²) in [7, 11) is 3.27. The Labute approximate surface area is 110 Å². The summed E-state index contributed by atoms with van der Waals surface area (Å²) in [5.41, 5.74) is 1.33. The minimum absolute atomic E-state index is 0.164. The van der Waals surface area contributed by atoms with E-state index in [1.807, 2.05) is 0 Å². The van der Waals surface area contributed by atoms with E-state index in [0.717, 1.165) is 0 Å². The third-order valence-corrected chi connectivity index (χ3v) is 2.65. The fourth-order valence-electron chi connectivity index (χ4n) is 1.72. The van der Waals surface area contributed by atoms with E-state index in [1.54, 1.807) is 38.6 Å². The first-order valence-electron chi connectivity index (χ1n) is 5.82. The summed E-state index contributed by atoms with van der Waals surface area (Å²) in [6.45, 7) is 1.53. The van der Waals surface area contributed by atoms with Crippen molar-refractivity contribution >= 4 is 5.91 Å². The minimum Gasteiger partial charge on any atom is -0.385 e. The lowest BCUT2D eigenvalue weighted by Crippen LogP contribution is -2.23. The second-order valence-corrected chi connectivity index (χ2v) is 4.39. The molecule has 2 rings (SSSR count). The molecular weight excluding hydrogens is 246 g/mol. The van der Waals surface area contributed by atoms with Crippen molar-refractivity contribution in [1.82, 2.24) is 15.0 Å². The molecule has 6 nitrogen and oxygen atoms in total. The van der Waals surface area contributed by atoms with Gasteiger partial charge in [-0.15, -0.1) is 0 Å². The van der Waals surface area contributed by atoms with Crippen LogP contribution in [0.4, 0.5) is 0 Å². The van der Waals surface area contributed by atoms with E-state index in [4.69, 9.17) is 4.52 Å². The van der Waals surface area contributed by atoms with Crippen LogP contribution in [0, 0.1) is 0 Å². The van der Waals surface area contributed by atoms with Crippen molar-refractivity contribution in [2.75, 3.05) is 14.1 Å². The summed E-state index contributed by atoms with van der Waals surface area (Å²) in [6, 6.07) is 3.53. The van der Waals surface area contributed by atoms with Crippen LogP contribution in [0.2, 0.25) is 0 Å². The molecule has 0 radical (unpaired) electrons. The number of aliphatic hydroxyl groups excluding tert-OH is 1. The van der Waals surface area contributed by atoms with Crippen molar-refractivity contribution in [3.63, 3.8) is 0 Å². The van der Waals surface area contributed by atoms with E-state index >= 15 is 0 Å². The molecule has 0 aromatic carbocycles. The van der Waals surface area contributed by atoms with Crippen molar-refractivity contribution in [1.29, 1.82) is 0 Å². The molecule has 2 aromatic rings. The Morgan fingerprint density at radius 2 is 2.21 bits per heavy atom. The van der Waals surface area contributed by atoms with Gasteiger partial charge in [0.2, 0.25) is 0 Å². The standard InChI is InChI=1S/C13H15N3O3/c1-8(17)12-10(13(18)16(2)3)11(15-19-12)9-5-4-6-14-7-9/h4-8,17H,1-3H3/t8-/m0/s1. The van der Waals surface area contributed by atoms with Crippen molar-refractivity contribution < 1.29 is 14.4 Å². The van der Waals surface area contributed by atoms with E-state index in [2.05, 4.69) is 10.1 Å². The van der Waals surface area contributed by atoms with Gasteiger partial charge in [0.1, 0.15) is 17.4 Å². The zero-order valence-electron chi connectivity index (χ0n) is 11.0. The lowest BCUT2D eigenvalue weighted by molar-refractivity contribution is 0.0815. The number of aromatic nitrogens is 2. The Morgan fingerprint density at radius 1 is 1.47 bits per heavy atom. The molecule has 19 heavy (non-hydrogen) atoms.